The van der Waals surface area contributed by atoms with Gasteiger partial charge in [-0.2, -0.15) is 5.10 Å². The van der Waals surface area contributed by atoms with E-state index in [0.29, 0.717) is 37.4 Å². The van der Waals surface area contributed by atoms with E-state index in [1.54, 1.807) is 33.8 Å². The lowest BCUT2D eigenvalue weighted by Gasteiger charge is -2.35. The minimum absolute atomic E-state index is 0.175. The lowest BCUT2D eigenvalue weighted by Crippen LogP contribution is -2.49. The maximum absolute atomic E-state index is 13.6. The smallest absolute Gasteiger partial charge is 0.254 e. The Hall–Kier alpha value is -3.88. The van der Waals surface area contributed by atoms with Gasteiger partial charge in [-0.25, -0.2) is 23.4 Å². The summed E-state index contributed by atoms with van der Waals surface area (Å²) in [4.78, 5) is 26.6. The molecule has 0 aliphatic carbocycles. The Morgan fingerprint density at radius 2 is 1.72 bits per heavy atom. The molecule has 0 saturated carbocycles. The molecular formula is C27H28F2N6O. The molecule has 7 nitrogen and oxygen atoms in total. The van der Waals surface area contributed by atoms with Crippen LogP contribution in [0.15, 0.2) is 48.5 Å². The van der Waals surface area contributed by atoms with E-state index in [4.69, 9.17) is 15.1 Å². The molecule has 1 fully saturated rings. The second-order valence-corrected chi connectivity index (χ2v) is 9.03. The minimum atomic E-state index is -0.420. The number of piperazine rings is 1. The molecule has 0 unspecified atom stereocenters. The summed E-state index contributed by atoms with van der Waals surface area (Å²) in [6.45, 7) is 6.21. The van der Waals surface area contributed by atoms with Crippen molar-refractivity contribution in [3.63, 3.8) is 0 Å². The maximum Gasteiger partial charge on any atom is 0.254 e. The molecule has 0 N–H and O–H groups in total. The zero-order valence-electron chi connectivity index (χ0n) is 20.4. The summed E-state index contributed by atoms with van der Waals surface area (Å²) in [5.41, 5.74) is 2.55. The molecule has 0 bridgehead atoms. The zero-order valence-corrected chi connectivity index (χ0v) is 20.4. The molecule has 0 radical (unpaired) electrons. The maximum atomic E-state index is 13.6. The van der Waals surface area contributed by atoms with Crippen LogP contribution in [0.3, 0.4) is 0 Å². The number of anilines is 1. The van der Waals surface area contributed by atoms with Gasteiger partial charge in [0, 0.05) is 38.2 Å². The molecule has 2 aromatic carbocycles. The van der Waals surface area contributed by atoms with Crippen molar-refractivity contribution < 1.29 is 13.6 Å². The number of rotatable bonds is 6. The number of hydrogen-bond donors (Lipinski definition) is 0. The number of amides is 1. The molecule has 1 aliphatic heterocycles. The second-order valence-electron chi connectivity index (χ2n) is 9.03. The highest BCUT2D eigenvalue weighted by molar-refractivity contribution is 5.95. The number of aryl methyl sites for hydroxylation is 2. The van der Waals surface area contributed by atoms with Crippen molar-refractivity contribution in [1.29, 1.82) is 0 Å². The van der Waals surface area contributed by atoms with Crippen LogP contribution in [0.5, 0.6) is 0 Å². The first kappa shape index (κ1) is 23.8. The van der Waals surface area contributed by atoms with E-state index >= 15 is 0 Å². The Labute approximate surface area is 208 Å². The van der Waals surface area contributed by atoms with Crippen LogP contribution in [0.25, 0.3) is 16.7 Å². The van der Waals surface area contributed by atoms with Gasteiger partial charge in [-0.1, -0.05) is 19.4 Å². The number of hydrogen-bond acceptors (Lipinski definition) is 5. The number of unbranched alkanes of at least 4 members (excludes halogenated alkanes) is 1. The van der Waals surface area contributed by atoms with E-state index in [9.17, 15) is 13.6 Å². The van der Waals surface area contributed by atoms with E-state index < -0.39 is 5.82 Å². The highest BCUT2D eigenvalue weighted by atomic mass is 19.1. The number of carbonyl (C=O) groups is 1. The molecule has 9 heteroatoms. The quantitative estimate of drug-likeness (QED) is 0.392. The van der Waals surface area contributed by atoms with E-state index in [2.05, 4.69) is 11.8 Å². The van der Waals surface area contributed by atoms with Gasteiger partial charge in [0.15, 0.2) is 5.65 Å². The highest BCUT2D eigenvalue weighted by Crippen LogP contribution is 2.30. The van der Waals surface area contributed by atoms with Gasteiger partial charge in [-0.3, -0.25) is 4.79 Å². The summed E-state index contributed by atoms with van der Waals surface area (Å²) in [6, 6.07) is 12.0. The Morgan fingerprint density at radius 1 is 0.972 bits per heavy atom. The van der Waals surface area contributed by atoms with E-state index in [0.717, 1.165) is 47.7 Å². The fourth-order valence-electron chi connectivity index (χ4n) is 4.57. The van der Waals surface area contributed by atoms with Crippen LogP contribution in [0.2, 0.25) is 0 Å². The summed E-state index contributed by atoms with van der Waals surface area (Å²) >= 11 is 0. The van der Waals surface area contributed by atoms with Crippen molar-refractivity contribution >= 4 is 22.8 Å². The molecule has 1 aliphatic rings. The van der Waals surface area contributed by atoms with Crippen LogP contribution in [-0.4, -0.2) is 56.7 Å². The van der Waals surface area contributed by atoms with E-state index in [1.807, 2.05) is 6.92 Å². The van der Waals surface area contributed by atoms with Crippen LogP contribution in [0, 0.1) is 18.6 Å². The monoisotopic (exact) mass is 490 g/mol. The number of fused-ring (bicyclic) bond motifs is 1. The van der Waals surface area contributed by atoms with Crippen molar-refractivity contribution in [2.45, 2.75) is 33.1 Å². The third-order valence-corrected chi connectivity index (χ3v) is 6.49. The van der Waals surface area contributed by atoms with Crippen LogP contribution >= 0.6 is 0 Å². The largest absolute Gasteiger partial charge is 0.352 e. The number of benzene rings is 2. The van der Waals surface area contributed by atoms with Gasteiger partial charge in [0.2, 0.25) is 0 Å². The predicted octanol–water partition coefficient (Wildman–Crippen LogP) is 4.71. The van der Waals surface area contributed by atoms with E-state index in [-0.39, 0.29) is 11.7 Å². The molecule has 3 heterocycles. The summed E-state index contributed by atoms with van der Waals surface area (Å²) in [5.74, 6) is 0.634. The molecule has 186 valence electrons. The van der Waals surface area contributed by atoms with Gasteiger partial charge in [0.1, 0.15) is 23.3 Å². The van der Waals surface area contributed by atoms with Crippen LogP contribution in [-0.2, 0) is 6.42 Å². The number of nitrogens with zero attached hydrogens (tertiary/aromatic N) is 6. The van der Waals surface area contributed by atoms with Crippen LogP contribution in [0.4, 0.5) is 14.6 Å². The SMILES string of the molecule is CCCCc1nc(N2CCN(C(=O)c3cccc(F)c3)CC2)c2c(C)nn(-c3ccc(F)cc3)c2n1. The molecule has 1 saturated heterocycles. The van der Waals surface area contributed by atoms with Crippen molar-refractivity contribution in [3.05, 3.63) is 77.2 Å². The first-order valence-electron chi connectivity index (χ1n) is 12.3. The Balaban J connectivity index is 1.47. The van der Waals surface area contributed by atoms with Crippen molar-refractivity contribution in [3.8, 4) is 5.69 Å². The first-order chi connectivity index (χ1) is 17.4. The average molecular weight is 491 g/mol. The average Bonchev–Trinajstić information content (AvgIpc) is 3.23. The molecule has 5 rings (SSSR count). The second kappa shape index (κ2) is 10.0. The normalized spacial score (nSPS) is 14.0. The Morgan fingerprint density at radius 3 is 2.42 bits per heavy atom. The fraction of sp³-hybridized carbons (Fsp3) is 0.333. The molecule has 0 atom stereocenters. The summed E-state index contributed by atoms with van der Waals surface area (Å²) in [5, 5.41) is 5.57. The van der Waals surface area contributed by atoms with Crippen molar-refractivity contribution in [1.82, 2.24) is 24.6 Å². The Bertz CT molecular complexity index is 1390. The molecule has 1 amide bonds. The lowest BCUT2D eigenvalue weighted by molar-refractivity contribution is 0.0746. The number of aromatic nitrogens is 4. The number of halogens is 2. The van der Waals surface area contributed by atoms with Crippen molar-refractivity contribution in [2.24, 2.45) is 0 Å². The molecule has 4 aromatic rings. The van der Waals surface area contributed by atoms with E-state index in [1.165, 1.54) is 24.3 Å². The van der Waals surface area contributed by atoms with Gasteiger partial charge in [0.25, 0.3) is 5.91 Å². The molecule has 2 aromatic heterocycles. The summed E-state index contributed by atoms with van der Waals surface area (Å²) < 4.78 is 28.9. The van der Waals surface area contributed by atoms with Gasteiger partial charge in [-0.05, 0) is 55.8 Å². The van der Waals surface area contributed by atoms with Crippen molar-refractivity contribution in [2.75, 3.05) is 31.1 Å². The lowest BCUT2D eigenvalue weighted by atomic mass is 10.1. The topological polar surface area (TPSA) is 67.2 Å². The van der Waals surface area contributed by atoms with Gasteiger partial charge < -0.3 is 9.80 Å². The van der Waals surface area contributed by atoms with Crippen LogP contribution < -0.4 is 4.90 Å². The third kappa shape index (κ3) is 4.65. The number of carbonyl (C=O) groups excluding carboxylic acids is 1. The van der Waals surface area contributed by atoms with Gasteiger partial charge >= 0.3 is 0 Å². The summed E-state index contributed by atoms with van der Waals surface area (Å²) in [7, 11) is 0. The van der Waals surface area contributed by atoms with Gasteiger partial charge in [-0.15, -0.1) is 0 Å². The predicted molar refractivity (Wildman–Crippen MR) is 134 cm³/mol. The van der Waals surface area contributed by atoms with Gasteiger partial charge in [0.05, 0.1) is 16.8 Å². The molecule has 0 spiro atoms. The minimum Gasteiger partial charge on any atom is -0.352 e. The highest BCUT2D eigenvalue weighted by Gasteiger charge is 2.27. The molecule has 36 heavy (non-hydrogen) atoms. The van der Waals surface area contributed by atoms with Crippen LogP contribution in [0.1, 0.15) is 41.6 Å². The standard InChI is InChI=1S/C27H28F2N6O/c1-3-4-8-23-30-25(24-18(2)32-35(26(24)31-23)22-11-9-20(28)10-12-22)33-13-15-34(16-14-33)27(36)19-6-5-7-21(29)17-19/h5-7,9-12,17H,3-4,8,13-16H2,1-2H3. The third-order valence-electron chi connectivity index (χ3n) is 6.49. The Kier molecular flexibility index (Phi) is 6.63. The summed E-state index contributed by atoms with van der Waals surface area (Å²) in [6.07, 6.45) is 2.73. The zero-order chi connectivity index (χ0) is 25.2. The molecular weight excluding hydrogens is 462 g/mol. The fourth-order valence-corrected chi connectivity index (χ4v) is 4.57. The first-order valence-corrected chi connectivity index (χ1v) is 12.3.